The smallest absolute Gasteiger partial charge is 0.335 e. The zero-order valence-electron chi connectivity index (χ0n) is 13.8. The second-order valence-corrected chi connectivity index (χ2v) is 7.46. The Balaban J connectivity index is 2.55. The lowest BCUT2D eigenvalue weighted by atomic mass is 10.00. The summed E-state index contributed by atoms with van der Waals surface area (Å²) in [6.07, 6.45) is 9.78. The highest BCUT2D eigenvalue weighted by atomic mass is 32.2. The van der Waals surface area contributed by atoms with E-state index in [4.69, 9.17) is 5.14 Å². The van der Waals surface area contributed by atoms with Gasteiger partial charge in [0, 0.05) is 0 Å². The van der Waals surface area contributed by atoms with Crippen LogP contribution in [0.25, 0.3) is 0 Å². The summed E-state index contributed by atoms with van der Waals surface area (Å²) in [6, 6.07) is 3.96. The zero-order chi connectivity index (χ0) is 17.3. The number of carbonyl (C=O) groups is 1. The predicted molar refractivity (Wildman–Crippen MR) is 91.1 cm³/mol. The van der Waals surface area contributed by atoms with Gasteiger partial charge in [-0.1, -0.05) is 51.9 Å². The summed E-state index contributed by atoms with van der Waals surface area (Å²) in [5.74, 6) is -1.04. The molecule has 0 bridgehead atoms. The molecule has 23 heavy (non-hydrogen) atoms. The number of rotatable bonds is 11. The van der Waals surface area contributed by atoms with Crippen molar-refractivity contribution in [1.82, 2.24) is 0 Å². The van der Waals surface area contributed by atoms with E-state index in [1.807, 2.05) is 0 Å². The minimum Gasteiger partial charge on any atom is -0.478 e. The van der Waals surface area contributed by atoms with Crippen LogP contribution in [0.4, 0.5) is 0 Å². The highest BCUT2D eigenvalue weighted by Gasteiger charge is 2.15. The standard InChI is InChI=1S/C17H27NO4S/c1-2-3-4-5-6-7-8-9-10-14-13-15(23(18,21)22)11-12-16(14)17(19)20/h11-13H,2-10H2,1H3,(H,19,20)(H2,18,21,22). The lowest BCUT2D eigenvalue weighted by Crippen LogP contribution is -2.13. The normalized spacial score (nSPS) is 11.6. The number of aryl methyl sites for hydroxylation is 1. The molecule has 0 aliphatic heterocycles. The molecule has 0 aromatic heterocycles. The number of aromatic carboxylic acids is 1. The van der Waals surface area contributed by atoms with Crippen LogP contribution < -0.4 is 5.14 Å². The van der Waals surface area contributed by atoms with E-state index in [1.54, 1.807) is 0 Å². The first-order valence-corrected chi connectivity index (χ1v) is 9.80. The van der Waals surface area contributed by atoms with E-state index < -0.39 is 16.0 Å². The third-order valence-corrected chi connectivity index (χ3v) is 4.85. The monoisotopic (exact) mass is 341 g/mol. The number of hydrogen-bond donors (Lipinski definition) is 2. The van der Waals surface area contributed by atoms with Crippen molar-refractivity contribution in [1.29, 1.82) is 0 Å². The molecule has 0 saturated carbocycles. The lowest BCUT2D eigenvalue weighted by molar-refractivity contribution is 0.0695. The fraction of sp³-hybridized carbons (Fsp3) is 0.588. The third-order valence-electron chi connectivity index (χ3n) is 3.94. The fourth-order valence-electron chi connectivity index (χ4n) is 2.61. The molecule has 0 spiro atoms. The predicted octanol–water partition coefficient (Wildman–Crippen LogP) is 3.72. The molecular weight excluding hydrogens is 314 g/mol. The van der Waals surface area contributed by atoms with E-state index in [0.29, 0.717) is 12.0 Å². The molecule has 0 amide bonds. The van der Waals surface area contributed by atoms with Crippen molar-refractivity contribution >= 4 is 16.0 Å². The summed E-state index contributed by atoms with van der Waals surface area (Å²) in [6.45, 7) is 2.19. The first-order valence-electron chi connectivity index (χ1n) is 8.25. The van der Waals surface area contributed by atoms with Crippen LogP contribution in [0.5, 0.6) is 0 Å². The maximum Gasteiger partial charge on any atom is 0.335 e. The third kappa shape index (κ3) is 7.14. The quantitative estimate of drug-likeness (QED) is 0.599. The number of carboxylic acid groups (broad SMARTS) is 1. The molecule has 0 saturated heterocycles. The number of sulfonamides is 1. The van der Waals surface area contributed by atoms with E-state index in [2.05, 4.69) is 6.92 Å². The molecule has 0 atom stereocenters. The molecular formula is C17H27NO4S. The van der Waals surface area contributed by atoms with Crippen molar-refractivity contribution in [2.75, 3.05) is 0 Å². The van der Waals surface area contributed by atoms with Gasteiger partial charge in [-0.25, -0.2) is 18.4 Å². The van der Waals surface area contributed by atoms with Crippen LogP contribution >= 0.6 is 0 Å². The second kappa shape index (κ2) is 9.67. The zero-order valence-corrected chi connectivity index (χ0v) is 14.6. The molecule has 1 aromatic rings. The molecule has 1 rings (SSSR count). The van der Waals surface area contributed by atoms with Crippen LogP contribution in [-0.4, -0.2) is 19.5 Å². The molecule has 6 heteroatoms. The van der Waals surface area contributed by atoms with Gasteiger partial charge in [-0.3, -0.25) is 0 Å². The SMILES string of the molecule is CCCCCCCCCCc1cc(S(N)(=O)=O)ccc1C(=O)O. The maximum atomic E-state index is 11.4. The molecule has 5 nitrogen and oxygen atoms in total. The minimum atomic E-state index is -3.81. The molecule has 1 aromatic carbocycles. The van der Waals surface area contributed by atoms with E-state index in [0.717, 1.165) is 19.3 Å². The average molecular weight is 341 g/mol. The van der Waals surface area contributed by atoms with Crippen molar-refractivity contribution in [3.05, 3.63) is 29.3 Å². The van der Waals surface area contributed by atoms with Crippen LogP contribution in [0.3, 0.4) is 0 Å². The Bertz CT molecular complexity index is 611. The Kier molecular flexibility index (Phi) is 8.26. The fourth-order valence-corrected chi connectivity index (χ4v) is 3.18. The summed E-state index contributed by atoms with van der Waals surface area (Å²) >= 11 is 0. The van der Waals surface area contributed by atoms with Gasteiger partial charge in [0.25, 0.3) is 0 Å². The van der Waals surface area contributed by atoms with Crippen LogP contribution in [0.15, 0.2) is 23.1 Å². The molecule has 130 valence electrons. The number of primary sulfonamides is 1. The summed E-state index contributed by atoms with van der Waals surface area (Å²) in [7, 11) is -3.81. The van der Waals surface area contributed by atoms with Crippen molar-refractivity contribution in [3.63, 3.8) is 0 Å². The van der Waals surface area contributed by atoms with Gasteiger partial charge in [0.1, 0.15) is 0 Å². The van der Waals surface area contributed by atoms with E-state index in [1.165, 1.54) is 50.3 Å². The van der Waals surface area contributed by atoms with Crippen molar-refractivity contribution < 1.29 is 18.3 Å². The van der Waals surface area contributed by atoms with Gasteiger partial charge in [-0.05, 0) is 36.6 Å². The molecule has 3 N–H and O–H groups in total. The minimum absolute atomic E-state index is 0.0305. The first-order chi connectivity index (χ1) is 10.9. The summed E-state index contributed by atoms with van der Waals surface area (Å²) in [4.78, 5) is 11.2. The summed E-state index contributed by atoms with van der Waals surface area (Å²) < 4.78 is 22.8. The van der Waals surface area contributed by atoms with E-state index in [-0.39, 0.29) is 10.5 Å². The van der Waals surface area contributed by atoms with Crippen LogP contribution in [-0.2, 0) is 16.4 Å². The Morgan fingerprint density at radius 1 is 1.04 bits per heavy atom. The molecule has 0 aliphatic carbocycles. The number of carboxylic acids is 1. The van der Waals surface area contributed by atoms with Crippen molar-refractivity contribution in [2.24, 2.45) is 5.14 Å². The second-order valence-electron chi connectivity index (χ2n) is 5.89. The number of nitrogens with two attached hydrogens (primary N) is 1. The molecule has 0 heterocycles. The lowest BCUT2D eigenvalue weighted by Gasteiger charge is -2.08. The van der Waals surface area contributed by atoms with Gasteiger partial charge in [0.15, 0.2) is 0 Å². The van der Waals surface area contributed by atoms with E-state index >= 15 is 0 Å². The van der Waals surface area contributed by atoms with Gasteiger partial charge in [-0.2, -0.15) is 0 Å². The maximum absolute atomic E-state index is 11.4. The van der Waals surface area contributed by atoms with Gasteiger partial charge < -0.3 is 5.11 Å². The Morgan fingerprint density at radius 2 is 1.61 bits per heavy atom. The van der Waals surface area contributed by atoms with Gasteiger partial charge in [0.2, 0.25) is 10.0 Å². The van der Waals surface area contributed by atoms with Gasteiger partial charge >= 0.3 is 5.97 Å². The topological polar surface area (TPSA) is 97.5 Å². The Labute approximate surface area is 139 Å². The highest BCUT2D eigenvalue weighted by molar-refractivity contribution is 7.89. The highest BCUT2D eigenvalue weighted by Crippen LogP contribution is 2.19. The number of unbranched alkanes of at least 4 members (excludes halogenated alkanes) is 7. The first kappa shape index (κ1) is 19.6. The van der Waals surface area contributed by atoms with E-state index in [9.17, 15) is 18.3 Å². The molecule has 0 fully saturated rings. The Hall–Kier alpha value is -1.40. The van der Waals surface area contributed by atoms with Crippen LogP contribution in [0, 0.1) is 0 Å². The average Bonchev–Trinajstić information content (AvgIpc) is 2.48. The number of benzene rings is 1. The summed E-state index contributed by atoms with van der Waals surface area (Å²) in [5.41, 5.74) is 0.690. The van der Waals surface area contributed by atoms with Gasteiger partial charge in [-0.15, -0.1) is 0 Å². The summed E-state index contributed by atoms with van der Waals surface area (Å²) in [5, 5.41) is 14.3. The van der Waals surface area contributed by atoms with Crippen molar-refractivity contribution in [2.45, 2.75) is 69.6 Å². The molecule has 0 radical (unpaired) electrons. The van der Waals surface area contributed by atoms with Crippen molar-refractivity contribution in [3.8, 4) is 0 Å². The van der Waals surface area contributed by atoms with Crippen LogP contribution in [0.2, 0.25) is 0 Å². The molecule has 0 aliphatic rings. The van der Waals surface area contributed by atoms with Crippen LogP contribution in [0.1, 0.15) is 74.2 Å². The molecule has 0 unspecified atom stereocenters. The Morgan fingerprint density at radius 3 is 2.13 bits per heavy atom. The number of hydrogen-bond acceptors (Lipinski definition) is 3. The largest absolute Gasteiger partial charge is 0.478 e. The van der Waals surface area contributed by atoms with Gasteiger partial charge in [0.05, 0.1) is 10.5 Å².